The van der Waals surface area contributed by atoms with E-state index in [9.17, 15) is 13.2 Å². The molecule has 0 aliphatic rings. The predicted octanol–water partition coefficient (Wildman–Crippen LogP) is 2.10. The quantitative estimate of drug-likeness (QED) is 0.773. The van der Waals surface area contributed by atoms with Crippen LogP contribution in [0.2, 0.25) is 0 Å². The van der Waals surface area contributed by atoms with Gasteiger partial charge in [0.25, 0.3) is 10.0 Å². The monoisotopic (exact) mass is 374 g/mol. The average molecular weight is 375 g/mol. The van der Waals surface area contributed by atoms with Crippen LogP contribution in [0, 0.1) is 5.92 Å². The molecule has 2 N–H and O–H groups in total. The molecule has 0 bridgehead atoms. The van der Waals surface area contributed by atoms with E-state index < -0.39 is 22.0 Å². The van der Waals surface area contributed by atoms with Crippen molar-refractivity contribution in [2.45, 2.75) is 37.4 Å². The normalized spacial score (nSPS) is 13.2. The lowest BCUT2D eigenvalue weighted by molar-refractivity contribution is -0.117. The molecule has 0 spiro atoms. The van der Waals surface area contributed by atoms with E-state index in [0.717, 1.165) is 22.8 Å². The Morgan fingerprint density at radius 1 is 1.30 bits per heavy atom. The molecular weight excluding hydrogens is 356 g/mol. The van der Waals surface area contributed by atoms with Crippen LogP contribution in [-0.2, 0) is 21.2 Å². The molecule has 1 amide bonds. The molecule has 0 radical (unpaired) electrons. The summed E-state index contributed by atoms with van der Waals surface area (Å²) in [5.41, 5.74) is 0. The van der Waals surface area contributed by atoms with Crippen LogP contribution < -0.4 is 10.0 Å². The molecular formula is C13H18N4O3S3. The minimum atomic E-state index is -3.69. The topological polar surface area (TPSA) is 101 Å². The average Bonchev–Trinajstić information content (AvgIpc) is 3.09. The summed E-state index contributed by atoms with van der Waals surface area (Å²) in [6.07, 6.45) is 0.786. The maximum Gasteiger partial charge on any atom is 0.250 e. The molecule has 2 heterocycles. The molecule has 0 saturated heterocycles. The highest BCUT2D eigenvalue weighted by molar-refractivity contribution is 7.91. The molecule has 2 aromatic rings. The number of nitrogens with one attached hydrogen (secondary N) is 2. The van der Waals surface area contributed by atoms with Gasteiger partial charge < -0.3 is 0 Å². The van der Waals surface area contributed by atoms with Gasteiger partial charge in [-0.25, -0.2) is 8.42 Å². The van der Waals surface area contributed by atoms with E-state index >= 15 is 0 Å². The Hall–Kier alpha value is -1.36. The van der Waals surface area contributed by atoms with E-state index in [-0.39, 0.29) is 4.21 Å². The number of aromatic nitrogens is 2. The third kappa shape index (κ3) is 5.06. The maximum absolute atomic E-state index is 12.1. The summed E-state index contributed by atoms with van der Waals surface area (Å²) in [5.74, 6) is -0.0274. The molecule has 2 rings (SSSR count). The van der Waals surface area contributed by atoms with Crippen molar-refractivity contribution in [3.63, 3.8) is 0 Å². The third-order valence-electron chi connectivity index (χ3n) is 2.76. The predicted molar refractivity (Wildman–Crippen MR) is 91.2 cm³/mol. The minimum Gasteiger partial charge on any atom is -0.299 e. The Balaban J connectivity index is 1.96. The standard InChI is InChI=1S/C13H18N4O3S3/c1-8(2)7-10-15-16-13(22-10)14-12(18)9(3)17-23(19,20)11-5-4-6-21-11/h4-6,8-9,17H,7H2,1-3H3,(H,14,16,18). The van der Waals surface area contributed by atoms with Crippen LogP contribution >= 0.6 is 22.7 Å². The van der Waals surface area contributed by atoms with Crippen molar-refractivity contribution in [3.8, 4) is 0 Å². The van der Waals surface area contributed by atoms with Gasteiger partial charge in [-0.15, -0.1) is 21.5 Å². The molecule has 0 aliphatic heterocycles. The first-order valence-corrected chi connectivity index (χ1v) is 10.1. The molecule has 2 aromatic heterocycles. The van der Waals surface area contributed by atoms with Gasteiger partial charge in [0.15, 0.2) is 0 Å². The van der Waals surface area contributed by atoms with Crippen LogP contribution in [0.1, 0.15) is 25.8 Å². The highest BCUT2D eigenvalue weighted by atomic mass is 32.2. The fourth-order valence-electron chi connectivity index (χ4n) is 1.71. The van der Waals surface area contributed by atoms with Crippen LogP contribution in [0.5, 0.6) is 0 Å². The second kappa shape index (κ2) is 7.47. The highest BCUT2D eigenvalue weighted by Crippen LogP contribution is 2.19. The lowest BCUT2D eigenvalue weighted by Gasteiger charge is -2.12. The molecule has 1 atom stereocenters. The van der Waals surface area contributed by atoms with Crippen molar-refractivity contribution in [3.05, 3.63) is 22.5 Å². The zero-order chi connectivity index (χ0) is 17.0. The van der Waals surface area contributed by atoms with Gasteiger partial charge in [0, 0.05) is 6.42 Å². The van der Waals surface area contributed by atoms with Crippen molar-refractivity contribution in [1.82, 2.24) is 14.9 Å². The van der Waals surface area contributed by atoms with Crippen molar-refractivity contribution in [2.24, 2.45) is 5.92 Å². The van der Waals surface area contributed by atoms with E-state index in [2.05, 4.69) is 34.1 Å². The van der Waals surface area contributed by atoms with Gasteiger partial charge in [0.1, 0.15) is 9.22 Å². The van der Waals surface area contributed by atoms with Crippen molar-refractivity contribution < 1.29 is 13.2 Å². The number of hydrogen-bond donors (Lipinski definition) is 2. The number of hydrogen-bond acceptors (Lipinski definition) is 7. The van der Waals surface area contributed by atoms with Crippen LogP contribution in [-0.4, -0.2) is 30.6 Å². The fraction of sp³-hybridized carbons (Fsp3) is 0.462. The zero-order valence-corrected chi connectivity index (χ0v) is 15.4. The Kier molecular flexibility index (Phi) is 5.84. The molecule has 0 aliphatic carbocycles. The number of rotatable bonds is 7. The summed E-state index contributed by atoms with van der Waals surface area (Å²) < 4.78 is 26.7. The largest absolute Gasteiger partial charge is 0.299 e. The van der Waals surface area contributed by atoms with E-state index in [1.54, 1.807) is 11.4 Å². The second-order valence-electron chi connectivity index (χ2n) is 5.36. The number of carbonyl (C=O) groups excluding carboxylic acids is 1. The molecule has 1 unspecified atom stereocenters. The van der Waals surface area contributed by atoms with Gasteiger partial charge in [0.2, 0.25) is 11.0 Å². The summed E-state index contributed by atoms with van der Waals surface area (Å²) in [5, 5.41) is 13.4. The maximum atomic E-state index is 12.1. The first-order chi connectivity index (χ1) is 10.8. The third-order valence-corrected chi connectivity index (χ3v) is 6.56. The number of anilines is 1. The fourth-order valence-corrected chi connectivity index (χ4v) is 4.88. The number of sulfonamides is 1. The number of thiophene rings is 1. The molecule has 23 heavy (non-hydrogen) atoms. The van der Waals surface area contributed by atoms with Gasteiger partial charge in [0.05, 0.1) is 6.04 Å². The van der Waals surface area contributed by atoms with Crippen molar-refractivity contribution in [2.75, 3.05) is 5.32 Å². The van der Waals surface area contributed by atoms with Gasteiger partial charge in [-0.05, 0) is 24.3 Å². The number of nitrogens with zero attached hydrogens (tertiary/aromatic N) is 2. The van der Waals surface area contributed by atoms with Crippen molar-refractivity contribution >= 4 is 43.7 Å². The van der Waals surface area contributed by atoms with Crippen LogP contribution in [0.4, 0.5) is 5.13 Å². The molecule has 7 nitrogen and oxygen atoms in total. The molecule has 10 heteroatoms. The molecule has 126 valence electrons. The van der Waals surface area contributed by atoms with Crippen molar-refractivity contribution in [1.29, 1.82) is 0 Å². The minimum absolute atomic E-state index is 0.173. The number of amides is 1. The van der Waals surface area contributed by atoms with E-state index in [1.165, 1.54) is 24.3 Å². The Labute approximate surface area is 143 Å². The first kappa shape index (κ1) is 18.0. The molecule has 0 aromatic carbocycles. The zero-order valence-electron chi connectivity index (χ0n) is 12.9. The van der Waals surface area contributed by atoms with Gasteiger partial charge in [-0.3, -0.25) is 10.1 Å². The summed E-state index contributed by atoms with van der Waals surface area (Å²) in [6.45, 7) is 5.62. The van der Waals surface area contributed by atoms with Gasteiger partial charge in [-0.2, -0.15) is 4.72 Å². The number of carbonyl (C=O) groups is 1. The SMILES string of the molecule is CC(C)Cc1nnc(NC(=O)C(C)NS(=O)(=O)c2cccs2)s1. The van der Waals surface area contributed by atoms with Crippen LogP contribution in [0.3, 0.4) is 0 Å². The van der Waals surface area contributed by atoms with E-state index in [4.69, 9.17) is 0 Å². The smallest absolute Gasteiger partial charge is 0.250 e. The lowest BCUT2D eigenvalue weighted by atomic mass is 10.1. The summed E-state index contributed by atoms with van der Waals surface area (Å²) in [7, 11) is -3.69. The second-order valence-corrected chi connectivity index (χ2v) is 9.31. The lowest BCUT2D eigenvalue weighted by Crippen LogP contribution is -2.41. The van der Waals surface area contributed by atoms with Crippen LogP contribution in [0.15, 0.2) is 21.7 Å². The van der Waals surface area contributed by atoms with E-state index in [1.807, 2.05) is 0 Å². The summed E-state index contributed by atoms with van der Waals surface area (Å²) >= 11 is 2.39. The Bertz CT molecular complexity index is 753. The molecule has 0 fully saturated rings. The first-order valence-electron chi connectivity index (χ1n) is 6.97. The summed E-state index contributed by atoms with van der Waals surface area (Å²) in [6, 6.07) is 2.21. The van der Waals surface area contributed by atoms with Gasteiger partial charge >= 0.3 is 0 Å². The summed E-state index contributed by atoms with van der Waals surface area (Å²) in [4.78, 5) is 12.1. The highest BCUT2D eigenvalue weighted by Gasteiger charge is 2.23. The Morgan fingerprint density at radius 3 is 2.65 bits per heavy atom. The molecule has 0 saturated carbocycles. The van der Waals surface area contributed by atoms with Gasteiger partial charge in [-0.1, -0.05) is 31.3 Å². The van der Waals surface area contributed by atoms with Crippen LogP contribution in [0.25, 0.3) is 0 Å². The Morgan fingerprint density at radius 2 is 2.04 bits per heavy atom. The van der Waals surface area contributed by atoms with E-state index in [0.29, 0.717) is 11.0 Å².